The molecular weight excluding hydrogens is 330 g/mol. The van der Waals surface area contributed by atoms with E-state index in [9.17, 15) is 4.79 Å². The lowest BCUT2D eigenvalue weighted by Crippen LogP contribution is -2.44. The van der Waals surface area contributed by atoms with Gasteiger partial charge in [-0.05, 0) is 52.3 Å². The molecule has 0 aliphatic carbocycles. The Morgan fingerprint density at radius 2 is 2.09 bits per heavy atom. The number of carbonyl (C=O) groups is 1. The van der Waals surface area contributed by atoms with Crippen LogP contribution >= 0.6 is 23.4 Å². The highest BCUT2D eigenvalue weighted by Gasteiger charge is 2.22. The summed E-state index contributed by atoms with van der Waals surface area (Å²) in [6.45, 7) is 9.77. The molecule has 0 bridgehead atoms. The summed E-state index contributed by atoms with van der Waals surface area (Å²) in [4.78, 5) is 16.6. The van der Waals surface area contributed by atoms with Gasteiger partial charge in [-0.15, -0.1) is 0 Å². The quantitative estimate of drug-likeness (QED) is 0.838. The first-order valence-corrected chi connectivity index (χ1v) is 8.72. The number of hydrogen-bond acceptors (Lipinski definition) is 3. The van der Waals surface area contributed by atoms with E-state index in [-0.39, 0.29) is 16.7 Å². The van der Waals surface area contributed by atoms with Crippen molar-refractivity contribution in [1.29, 1.82) is 0 Å². The van der Waals surface area contributed by atoms with Gasteiger partial charge in [0.1, 0.15) is 0 Å². The van der Waals surface area contributed by atoms with Gasteiger partial charge in [-0.2, -0.15) is 0 Å². The monoisotopic (exact) mass is 351 g/mol. The van der Waals surface area contributed by atoms with Crippen molar-refractivity contribution in [3.63, 3.8) is 0 Å². The Balaban J connectivity index is 2.22. The van der Waals surface area contributed by atoms with Crippen LogP contribution in [0.1, 0.15) is 33.3 Å². The second-order valence-corrected chi connectivity index (χ2v) is 8.18. The Kier molecular flexibility index (Phi) is 5.42. The van der Waals surface area contributed by atoms with Crippen LogP contribution in [0.25, 0.3) is 5.69 Å². The molecule has 0 aliphatic heterocycles. The van der Waals surface area contributed by atoms with E-state index >= 15 is 0 Å². The molecule has 1 heterocycles. The average molecular weight is 352 g/mol. The molecule has 0 saturated heterocycles. The van der Waals surface area contributed by atoms with Crippen LogP contribution in [0.15, 0.2) is 35.7 Å². The van der Waals surface area contributed by atoms with Crippen molar-refractivity contribution in [2.24, 2.45) is 0 Å². The number of halogens is 1. The van der Waals surface area contributed by atoms with E-state index in [0.717, 1.165) is 16.4 Å². The van der Waals surface area contributed by atoms with Crippen LogP contribution in [-0.2, 0) is 4.79 Å². The molecule has 23 heavy (non-hydrogen) atoms. The van der Waals surface area contributed by atoms with Crippen molar-refractivity contribution < 1.29 is 4.79 Å². The largest absolute Gasteiger partial charge is 0.351 e. The first-order chi connectivity index (χ1) is 10.7. The molecule has 1 aromatic heterocycles. The highest BCUT2D eigenvalue weighted by Crippen LogP contribution is 2.28. The zero-order valence-corrected chi connectivity index (χ0v) is 15.6. The Bertz CT molecular complexity index is 706. The average Bonchev–Trinajstić information content (AvgIpc) is 2.88. The Hall–Kier alpha value is -1.46. The molecule has 0 aliphatic rings. The first-order valence-electron chi connectivity index (χ1n) is 7.46. The van der Waals surface area contributed by atoms with Gasteiger partial charge in [0.25, 0.3) is 0 Å². The van der Waals surface area contributed by atoms with Crippen LogP contribution in [0.4, 0.5) is 0 Å². The third-order valence-electron chi connectivity index (χ3n) is 3.26. The summed E-state index contributed by atoms with van der Waals surface area (Å²) >= 11 is 7.64. The number of imidazole rings is 1. The number of carbonyl (C=O) groups excluding carboxylic acids is 1. The molecule has 1 N–H and O–H groups in total. The fourth-order valence-electron chi connectivity index (χ4n) is 2.10. The smallest absolute Gasteiger partial charge is 0.233 e. The van der Waals surface area contributed by atoms with Crippen molar-refractivity contribution in [1.82, 2.24) is 14.9 Å². The minimum absolute atomic E-state index is 0.000124. The van der Waals surface area contributed by atoms with E-state index in [1.807, 2.05) is 63.6 Å². The number of aromatic nitrogens is 2. The van der Waals surface area contributed by atoms with Crippen molar-refractivity contribution in [3.05, 3.63) is 41.2 Å². The number of rotatable bonds is 4. The number of thioether (sulfide) groups is 1. The van der Waals surface area contributed by atoms with Gasteiger partial charge < -0.3 is 5.32 Å². The summed E-state index contributed by atoms with van der Waals surface area (Å²) in [5.41, 5.74) is 1.71. The SMILES string of the molecule is Cc1c(Cl)cccc1-n1ccnc1S[C@H](C)C(=O)NC(C)(C)C. The highest BCUT2D eigenvalue weighted by atomic mass is 35.5. The molecule has 1 aromatic carbocycles. The molecule has 2 rings (SSSR count). The number of hydrogen-bond donors (Lipinski definition) is 1. The van der Waals surface area contributed by atoms with Gasteiger partial charge in [0, 0.05) is 23.0 Å². The molecule has 1 atom stereocenters. The van der Waals surface area contributed by atoms with Gasteiger partial charge in [0.2, 0.25) is 5.91 Å². The molecule has 124 valence electrons. The molecule has 2 aromatic rings. The molecule has 0 unspecified atom stereocenters. The predicted octanol–water partition coefficient (Wildman–Crippen LogP) is 4.23. The van der Waals surface area contributed by atoms with E-state index in [0.29, 0.717) is 5.02 Å². The van der Waals surface area contributed by atoms with E-state index < -0.39 is 0 Å². The molecule has 4 nitrogen and oxygen atoms in total. The fraction of sp³-hybridized carbons (Fsp3) is 0.412. The lowest BCUT2D eigenvalue weighted by atomic mass is 10.1. The third-order valence-corrected chi connectivity index (χ3v) is 4.75. The van der Waals surface area contributed by atoms with Crippen molar-refractivity contribution in [3.8, 4) is 5.69 Å². The molecular formula is C17H22ClN3OS. The van der Waals surface area contributed by atoms with E-state index in [1.165, 1.54) is 11.8 Å². The molecule has 0 radical (unpaired) electrons. The summed E-state index contributed by atoms with van der Waals surface area (Å²) < 4.78 is 1.97. The molecule has 0 fully saturated rings. The topological polar surface area (TPSA) is 46.9 Å². The Labute approximate surface area is 146 Å². The van der Waals surface area contributed by atoms with Crippen LogP contribution in [0.3, 0.4) is 0 Å². The van der Waals surface area contributed by atoms with E-state index in [4.69, 9.17) is 11.6 Å². The van der Waals surface area contributed by atoms with Gasteiger partial charge in [0.15, 0.2) is 5.16 Å². The normalized spacial score (nSPS) is 13.0. The van der Waals surface area contributed by atoms with Gasteiger partial charge in [-0.25, -0.2) is 4.98 Å². The Morgan fingerprint density at radius 3 is 2.74 bits per heavy atom. The first kappa shape index (κ1) is 17.9. The molecule has 6 heteroatoms. The van der Waals surface area contributed by atoms with Crippen molar-refractivity contribution in [2.45, 2.75) is 50.6 Å². The van der Waals surface area contributed by atoms with Gasteiger partial charge in [0.05, 0.1) is 10.9 Å². The maximum atomic E-state index is 12.3. The van der Waals surface area contributed by atoms with Crippen LogP contribution in [0.5, 0.6) is 0 Å². The van der Waals surface area contributed by atoms with Crippen LogP contribution in [0.2, 0.25) is 5.02 Å². The van der Waals surface area contributed by atoms with Crippen LogP contribution < -0.4 is 5.32 Å². The van der Waals surface area contributed by atoms with Gasteiger partial charge in [-0.3, -0.25) is 9.36 Å². The van der Waals surface area contributed by atoms with Crippen molar-refractivity contribution >= 4 is 29.3 Å². The number of benzene rings is 1. The predicted molar refractivity (Wildman–Crippen MR) is 96.5 cm³/mol. The second-order valence-electron chi connectivity index (χ2n) is 6.46. The second kappa shape index (κ2) is 6.97. The molecule has 0 spiro atoms. The fourth-order valence-corrected chi connectivity index (χ4v) is 3.15. The van der Waals surface area contributed by atoms with Gasteiger partial charge in [-0.1, -0.05) is 29.4 Å². The maximum Gasteiger partial charge on any atom is 0.233 e. The maximum absolute atomic E-state index is 12.3. The standard InChI is InChI=1S/C17H22ClN3OS/c1-11-13(18)7-6-8-14(11)21-10-9-19-16(21)23-12(2)15(22)20-17(3,4)5/h6-10,12H,1-5H3,(H,20,22)/t12-/m1/s1. The van der Waals surface area contributed by atoms with Crippen molar-refractivity contribution in [2.75, 3.05) is 0 Å². The Morgan fingerprint density at radius 1 is 1.39 bits per heavy atom. The number of nitrogens with one attached hydrogen (secondary N) is 1. The van der Waals surface area contributed by atoms with E-state index in [1.54, 1.807) is 6.20 Å². The molecule has 1 amide bonds. The highest BCUT2D eigenvalue weighted by molar-refractivity contribution is 8.00. The zero-order chi connectivity index (χ0) is 17.2. The minimum atomic E-state index is -0.245. The number of nitrogens with zero attached hydrogens (tertiary/aromatic N) is 2. The number of amides is 1. The summed E-state index contributed by atoms with van der Waals surface area (Å²) in [6.07, 6.45) is 3.62. The molecule has 0 saturated carbocycles. The summed E-state index contributed by atoms with van der Waals surface area (Å²) in [7, 11) is 0. The lowest BCUT2D eigenvalue weighted by molar-refractivity contribution is -0.121. The lowest BCUT2D eigenvalue weighted by Gasteiger charge is -2.23. The summed E-state index contributed by atoms with van der Waals surface area (Å²) in [5.74, 6) is -0.000124. The van der Waals surface area contributed by atoms with Crippen LogP contribution in [-0.4, -0.2) is 26.2 Å². The third kappa shape index (κ3) is 4.52. The summed E-state index contributed by atoms with van der Waals surface area (Å²) in [6, 6.07) is 5.77. The van der Waals surface area contributed by atoms with Crippen LogP contribution in [0, 0.1) is 6.92 Å². The summed E-state index contributed by atoms with van der Waals surface area (Å²) in [5, 5.41) is 4.24. The van der Waals surface area contributed by atoms with E-state index in [2.05, 4.69) is 10.3 Å². The minimum Gasteiger partial charge on any atom is -0.351 e. The zero-order valence-electron chi connectivity index (χ0n) is 14.1. The van der Waals surface area contributed by atoms with Gasteiger partial charge >= 0.3 is 0 Å².